The lowest BCUT2D eigenvalue weighted by atomic mass is 10.1. The maximum absolute atomic E-state index is 5.34. The normalized spacial score (nSPS) is 21.8. The SMILES string of the molecule is CN=C(NCc1cc(C(C)C)no1)NCC1CCN(C2CC2)C1.I. The van der Waals surface area contributed by atoms with Gasteiger partial charge in [-0.1, -0.05) is 19.0 Å². The van der Waals surface area contributed by atoms with E-state index in [1.165, 1.54) is 32.4 Å². The molecule has 0 bridgehead atoms. The minimum Gasteiger partial charge on any atom is -0.359 e. The second-order valence-electron chi connectivity index (χ2n) is 7.06. The van der Waals surface area contributed by atoms with Gasteiger partial charge in [0.1, 0.15) is 0 Å². The molecule has 6 nitrogen and oxygen atoms in total. The number of halogens is 1. The summed E-state index contributed by atoms with van der Waals surface area (Å²) in [7, 11) is 1.81. The molecule has 0 spiro atoms. The molecule has 1 saturated carbocycles. The Morgan fingerprint density at radius 1 is 1.38 bits per heavy atom. The Morgan fingerprint density at radius 3 is 2.79 bits per heavy atom. The number of aliphatic imine (C=N–C) groups is 1. The molecule has 1 aliphatic carbocycles. The van der Waals surface area contributed by atoms with Gasteiger partial charge >= 0.3 is 0 Å². The van der Waals surface area contributed by atoms with E-state index in [0.29, 0.717) is 12.5 Å². The highest BCUT2D eigenvalue weighted by atomic mass is 127. The summed E-state index contributed by atoms with van der Waals surface area (Å²) in [5.41, 5.74) is 0.996. The Bertz CT molecular complexity index is 541. The van der Waals surface area contributed by atoms with E-state index in [2.05, 4.69) is 39.5 Å². The lowest BCUT2D eigenvalue weighted by Gasteiger charge is -2.16. The molecule has 24 heavy (non-hydrogen) atoms. The smallest absolute Gasteiger partial charge is 0.191 e. The van der Waals surface area contributed by atoms with Gasteiger partial charge < -0.3 is 20.1 Å². The van der Waals surface area contributed by atoms with Gasteiger partial charge in [-0.15, -0.1) is 24.0 Å². The van der Waals surface area contributed by atoms with Crippen molar-refractivity contribution in [3.8, 4) is 0 Å². The molecule has 1 aromatic heterocycles. The minimum atomic E-state index is 0. The number of aromatic nitrogens is 1. The van der Waals surface area contributed by atoms with Gasteiger partial charge in [0.05, 0.1) is 12.2 Å². The van der Waals surface area contributed by atoms with Crippen molar-refractivity contribution >= 4 is 29.9 Å². The molecule has 1 saturated heterocycles. The molecule has 3 rings (SSSR count). The molecule has 1 unspecified atom stereocenters. The monoisotopic (exact) mass is 447 g/mol. The zero-order chi connectivity index (χ0) is 16.2. The summed E-state index contributed by atoms with van der Waals surface area (Å²) in [5, 5.41) is 10.8. The Morgan fingerprint density at radius 2 is 2.17 bits per heavy atom. The molecule has 1 aliphatic heterocycles. The summed E-state index contributed by atoms with van der Waals surface area (Å²) in [6.07, 6.45) is 4.10. The van der Waals surface area contributed by atoms with Crippen molar-refractivity contribution < 1.29 is 4.52 Å². The molecular weight excluding hydrogens is 417 g/mol. The van der Waals surface area contributed by atoms with Gasteiger partial charge in [0.15, 0.2) is 11.7 Å². The van der Waals surface area contributed by atoms with Crippen LogP contribution in [0.3, 0.4) is 0 Å². The summed E-state index contributed by atoms with van der Waals surface area (Å²) in [5.74, 6) is 2.79. The third-order valence-electron chi connectivity index (χ3n) is 4.76. The molecule has 0 radical (unpaired) electrons. The van der Waals surface area contributed by atoms with Gasteiger partial charge in [-0.2, -0.15) is 0 Å². The van der Waals surface area contributed by atoms with Crippen LogP contribution in [0, 0.1) is 5.92 Å². The second-order valence-corrected chi connectivity index (χ2v) is 7.06. The standard InChI is InChI=1S/C17H29N5O.HI/c1-12(2)16-8-15(23-21-16)10-20-17(18-3)19-9-13-6-7-22(11-13)14-4-5-14;/h8,12-14H,4-7,9-11H2,1-3H3,(H2,18,19,20);1H. The minimum absolute atomic E-state index is 0. The van der Waals surface area contributed by atoms with Crippen molar-refractivity contribution in [1.29, 1.82) is 0 Å². The molecule has 2 N–H and O–H groups in total. The van der Waals surface area contributed by atoms with Crippen LogP contribution in [0.2, 0.25) is 0 Å². The van der Waals surface area contributed by atoms with Crippen molar-refractivity contribution in [1.82, 2.24) is 20.7 Å². The highest BCUT2D eigenvalue weighted by molar-refractivity contribution is 14.0. The predicted molar refractivity (Wildman–Crippen MR) is 107 cm³/mol. The number of guanidine groups is 1. The molecule has 2 aliphatic rings. The van der Waals surface area contributed by atoms with Crippen molar-refractivity contribution in [2.24, 2.45) is 10.9 Å². The first kappa shape index (κ1) is 19.5. The van der Waals surface area contributed by atoms with Crippen molar-refractivity contribution in [3.05, 3.63) is 17.5 Å². The van der Waals surface area contributed by atoms with Crippen LogP contribution in [0.25, 0.3) is 0 Å². The Kier molecular flexibility index (Phi) is 7.34. The first-order chi connectivity index (χ1) is 11.2. The maximum atomic E-state index is 5.34. The summed E-state index contributed by atoms with van der Waals surface area (Å²) in [6.45, 7) is 8.31. The lowest BCUT2D eigenvalue weighted by molar-refractivity contribution is 0.314. The van der Waals surface area contributed by atoms with E-state index < -0.39 is 0 Å². The molecule has 1 atom stereocenters. The van der Waals surface area contributed by atoms with Gasteiger partial charge in [0.2, 0.25) is 0 Å². The van der Waals surface area contributed by atoms with Gasteiger partial charge in [0.25, 0.3) is 0 Å². The van der Waals surface area contributed by atoms with Crippen molar-refractivity contribution in [3.63, 3.8) is 0 Å². The fourth-order valence-corrected chi connectivity index (χ4v) is 3.12. The Labute approximate surface area is 161 Å². The topological polar surface area (TPSA) is 65.7 Å². The second kappa shape index (κ2) is 9.03. The fraction of sp³-hybridized carbons (Fsp3) is 0.765. The molecule has 0 amide bonds. The van der Waals surface area contributed by atoms with E-state index in [9.17, 15) is 0 Å². The molecule has 2 fully saturated rings. The molecule has 136 valence electrons. The van der Waals surface area contributed by atoms with Crippen LogP contribution < -0.4 is 10.6 Å². The quantitative estimate of drug-likeness (QED) is 0.399. The van der Waals surface area contributed by atoms with Crippen LogP contribution in [0.15, 0.2) is 15.6 Å². The highest BCUT2D eigenvalue weighted by Crippen LogP contribution is 2.31. The average Bonchev–Trinajstić information content (AvgIpc) is 3.10. The zero-order valence-corrected chi connectivity index (χ0v) is 17.2. The summed E-state index contributed by atoms with van der Waals surface area (Å²) < 4.78 is 5.34. The number of likely N-dealkylation sites (tertiary alicyclic amines) is 1. The number of hydrogen-bond acceptors (Lipinski definition) is 4. The lowest BCUT2D eigenvalue weighted by Crippen LogP contribution is -2.40. The van der Waals surface area contributed by atoms with E-state index >= 15 is 0 Å². The van der Waals surface area contributed by atoms with Gasteiger partial charge in [-0.3, -0.25) is 4.99 Å². The molecule has 0 aromatic carbocycles. The fourth-order valence-electron chi connectivity index (χ4n) is 3.12. The number of nitrogens with zero attached hydrogens (tertiary/aromatic N) is 3. The summed E-state index contributed by atoms with van der Waals surface area (Å²) >= 11 is 0. The molecule has 1 aromatic rings. The third kappa shape index (κ3) is 5.34. The number of hydrogen-bond donors (Lipinski definition) is 2. The first-order valence-corrected chi connectivity index (χ1v) is 8.79. The van der Waals surface area contributed by atoms with E-state index in [1.54, 1.807) is 7.05 Å². The van der Waals surface area contributed by atoms with E-state index in [-0.39, 0.29) is 24.0 Å². The molecule has 2 heterocycles. The summed E-state index contributed by atoms with van der Waals surface area (Å²) in [6, 6.07) is 2.90. The molecule has 7 heteroatoms. The Hall–Kier alpha value is -0.830. The zero-order valence-electron chi connectivity index (χ0n) is 14.9. The van der Waals surface area contributed by atoms with E-state index in [0.717, 1.165) is 35.9 Å². The van der Waals surface area contributed by atoms with E-state index in [4.69, 9.17) is 4.52 Å². The average molecular weight is 447 g/mol. The van der Waals surface area contributed by atoms with Crippen LogP contribution in [-0.2, 0) is 6.54 Å². The van der Waals surface area contributed by atoms with E-state index in [1.807, 2.05) is 6.07 Å². The van der Waals surface area contributed by atoms with Gasteiger partial charge in [-0.25, -0.2) is 0 Å². The van der Waals surface area contributed by atoms with Crippen LogP contribution in [0.1, 0.15) is 50.5 Å². The predicted octanol–water partition coefficient (Wildman–Crippen LogP) is 2.57. The Balaban J connectivity index is 0.00000208. The largest absolute Gasteiger partial charge is 0.359 e. The van der Waals surface area contributed by atoms with Crippen molar-refractivity contribution in [2.45, 2.75) is 51.6 Å². The van der Waals surface area contributed by atoms with Gasteiger partial charge in [-0.05, 0) is 37.6 Å². The van der Waals surface area contributed by atoms with Gasteiger partial charge in [0, 0.05) is 32.2 Å². The number of rotatable bonds is 6. The van der Waals surface area contributed by atoms with Crippen LogP contribution in [-0.4, -0.2) is 48.7 Å². The van der Waals surface area contributed by atoms with Crippen LogP contribution in [0.4, 0.5) is 0 Å². The highest BCUT2D eigenvalue weighted by Gasteiger charge is 2.34. The number of nitrogens with one attached hydrogen (secondary N) is 2. The first-order valence-electron chi connectivity index (χ1n) is 8.79. The van der Waals surface area contributed by atoms with Crippen LogP contribution >= 0.6 is 24.0 Å². The maximum Gasteiger partial charge on any atom is 0.191 e. The summed E-state index contributed by atoms with van der Waals surface area (Å²) in [4.78, 5) is 6.93. The molecular formula is C17H30IN5O. The third-order valence-corrected chi connectivity index (χ3v) is 4.76. The van der Waals surface area contributed by atoms with Crippen LogP contribution in [0.5, 0.6) is 0 Å². The van der Waals surface area contributed by atoms with Crippen molar-refractivity contribution in [2.75, 3.05) is 26.7 Å².